The number of fused-ring (bicyclic) bond motifs is 1. The number of hydrogen-bond donors (Lipinski definition) is 0. The molecule has 0 radical (unpaired) electrons. The van der Waals surface area contributed by atoms with Crippen molar-refractivity contribution in [3.05, 3.63) is 29.8 Å². The van der Waals surface area contributed by atoms with Gasteiger partial charge in [-0.2, -0.15) is 4.31 Å². The Hall–Kier alpha value is -1.40. The molecule has 6 heteroatoms. The smallest absolute Gasteiger partial charge is 0.243 e. The van der Waals surface area contributed by atoms with E-state index in [1.54, 1.807) is 23.4 Å². The normalized spacial score (nSPS) is 25.8. The van der Waals surface area contributed by atoms with E-state index in [-0.39, 0.29) is 17.9 Å². The van der Waals surface area contributed by atoms with Gasteiger partial charge in [0.05, 0.1) is 4.90 Å². The van der Waals surface area contributed by atoms with E-state index < -0.39 is 10.0 Å². The molecule has 1 aromatic carbocycles. The lowest BCUT2D eigenvalue weighted by atomic mass is 9.89. The molecule has 0 N–H and O–H groups in total. The molecule has 0 saturated carbocycles. The van der Waals surface area contributed by atoms with E-state index in [2.05, 4.69) is 0 Å². The summed E-state index contributed by atoms with van der Waals surface area (Å²) in [4.78, 5) is 14.3. The van der Waals surface area contributed by atoms with Crippen molar-refractivity contribution < 1.29 is 13.2 Å². The first-order valence-corrected chi connectivity index (χ1v) is 10.2. The first kappa shape index (κ1) is 17.4. The summed E-state index contributed by atoms with van der Waals surface area (Å²) in [6.07, 6.45) is 3.80. The predicted molar refractivity (Wildman–Crippen MR) is 93.1 cm³/mol. The van der Waals surface area contributed by atoms with Crippen LogP contribution < -0.4 is 0 Å². The number of piperidine rings is 1. The van der Waals surface area contributed by atoms with Crippen LogP contribution in [0.1, 0.15) is 38.2 Å². The molecule has 3 rings (SSSR count). The van der Waals surface area contributed by atoms with Crippen molar-refractivity contribution in [3.8, 4) is 0 Å². The molecule has 2 aliphatic heterocycles. The van der Waals surface area contributed by atoms with Crippen LogP contribution in [0.15, 0.2) is 29.2 Å². The summed E-state index contributed by atoms with van der Waals surface area (Å²) in [5, 5.41) is 0. The highest BCUT2D eigenvalue weighted by atomic mass is 32.2. The molecule has 24 heavy (non-hydrogen) atoms. The van der Waals surface area contributed by atoms with Crippen molar-refractivity contribution in [1.29, 1.82) is 0 Å². The minimum Gasteiger partial charge on any atom is -0.340 e. The van der Waals surface area contributed by atoms with Crippen LogP contribution in [-0.4, -0.2) is 49.2 Å². The van der Waals surface area contributed by atoms with E-state index in [0.717, 1.165) is 37.8 Å². The molecule has 1 amide bonds. The number of carbonyl (C=O) groups is 1. The Bertz CT molecular complexity index is 699. The Morgan fingerprint density at radius 1 is 1.08 bits per heavy atom. The van der Waals surface area contributed by atoms with Gasteiger partial charge in [-0.15, -0.1) is 0 Å². The summed E-state index contributed by atoms with van der Waals surface area (Å²) >= 11 is 0. The molecular formula is C18H26N2O3S. The minimum atomic E-state index is -3.45. The number of sulfonamides is 1. The molecule has 2 saturated heterocycles. The van der Waals surface area contributed by atoms with Crippen molar-refractivity contribution in [2.45, 2.75) is 50.5 Å². The number of aryl methyl sites for hydroxylation is 1. The highest BCUT2D eigenvalue weighted by Crippen LogP contribution is 2.32. The van der Waals surface area contributed by atoms with Crippen LogP contribution in [0.4, 0.5) is 0 Å². The molecule has 0 aliphatic carbocycles. The molecule has 2 heterocycles. The fourth-order valence-electron chi connectivity index (χ4n) is 4.00. The maximum Gasteiger partial charge on any atom is 0.243 e. The van der Waals surface area contributed by atoms with E-state index in [1.807, 2.05) is 24.0 Å². The number of benzene rings is 1. The number of hydrogen-bond acceptors (Lipinski definition) is 3. The first-order chi connectivity index (χ1) is 11.4. The molecule has 0 spiro atoms. The Morgan fingerprint density at radius 2 is 1.79 bits per heavy atom. The van der Waals surface area contributed by atoms with Gasteiger partial charge in [-0.3, -0.25) is 4.79 Å². The predicted octanol–water partition coefficient (Wildman–Crippen LogP) is 2.41. The quantitative estimate of drug-likeness (QED) is 0.823. The number of likely N-dealkylation sites (tertiary alicyclic amines) is 1. The van der Waals surface area contributed by atoms with Crippen molar-refractivity contribution in [2.24, 2.45) is 5.92 Å². The third-order valence-electron chi connectivity index (χ3n) is 5.34. The highest BCUT2D eigenvalue weighted by Gasteiger charge is 2.39. The van der Waals surface area contributed by atoms with Gasteiger partial charge in [0.1, 0.15) is 0 Å². The van der Waals surface area contributed by atoms with E-state index in [0.29, 0.717) is 18.0 Å². The van der Waals surface area contributed by atoms with Crippen molar-refractivity contribution in [3.63, 3.8) is 0 Å². The Balaban J connectivity index is 1.81. The van der Waals surface area contributed by atoms with E-state index >= 15 is 0 Å². The van der Waals surface area contributed by atoms with Crippen molar-refractivity contribution >= 4 is 15.9 Å². The van der Waals surface area contributed by atoms with Crippen LogP contribution in [0, 0.1) is 12.8 Å². The lowest BCUT2D eigenvalue weighted by molar-refractivity contribution is -0.132. The van der Waals surface area contributed by atoms with E-state index in [4.69, 9.17) is 0 Å². The van der Waals surface area contributed by atoms with E-state index in [9.17, 15) is 13.2 Å². The summed E-state index contributed by atoms with van der Waals surface area (Å²) in [7, 11) is -3.45. The van der Waals surface area contributed by atoms with Gasteiger partial charge in [0.15, 0.2) is 0 Å². The maximum absolute atomic E-state index is 12.9. The molecule has 5 nitrogen and oxygen atoms in total. The number of amides is 1. The fraction of sp³-hybridized carbons (Fsp3) is 0.611. The van der Waals surface area contributed by atoms with Crippen LogP contribution in [-0.2, 0) is 14.8 Å². The van der Waals surface area contributed by atoms with Crippen LogP contribution >= 0.6 is 0 Å². The van der Waals surface area contributed by atoms with Crippen LogP contribution in [0.5, 0.6) is 0 Å². The SMILES string of the molecule is CC(=O)N1CCCC[C@H]2CN(S(=O)(=O)c3ccc(C)cc3)CC[C@H]21. The first-order valence-electron chi connectivity index (χ1n) is 8.73. The summed E-state index contributed by atoms with van der Waals surface area (Å²) in [5.74, 6) is 0.354. The Morgan fingerprint density at radius 3 is 2.46 bits per heavy atom. The number of nitrogens with zero attached hydrogens (tertiary/aromatic N) is 2. The summed E-state index contributed by atoms with van der Waals surface area (Å²) < 4.78 is 27.5. The fourth-order valence-corrected chi connectivity index (χ4v) is 5.52. The molecule has 2 atom stereocenters. The van der Waals surface area contributed by atoms with Gasteiger partial charge in [0, 0.05) is 32.6 Å². The minimum absolute atomic E-state index is 0.113. The third kappa shape index (κ3) is 3.35. The van der Waals surface area contributed by atoms with Gasteiger partial charge in [-0.25, -0.2) is 8.42 Å². The number of rotatable bonds is 2. The van der Waals surface area contributed by atoms with Gasteiger partial charge >= 0.3 is 0 Å². The van der Waals surface area contributed by atoms with Gasteiger partial charge < -0.3 is 4.90 Å². The zero-order valence-corrected chi connectivity index (χ0v) is 15.3. The largest absolute Gasteiger partial charge is 0.340 e. The second-order valence-corrected chi connectivity index (χ2v) is 8.94. The average Bonchev–Trinajstić information content (AvgIpc) is 2.77. The molecule has 132 valence electrons. The number of carbonyl (C=O) groups excluding carboxylic acids is 1. The summed E-state index contributed by atoms with van der Waals surface area (Å²) in [6.45, 7) is 5.38. The highest BCUT2D eigenvalue weighted by molar-refractivity contribution is 7.89. The van der Waals surface area contributed by atoms with Crippen LogP contribution in [0.2, 0.25) is 0 Å². The lowest BCUT2D eigenvalue weighted by Gasteiger charge is -2.41. The van der Waals surface area contributed by atoms with E-state index in [1.165, 1.54) is 0 Å². The third-order valence-corrected chi connectivity index (χ3v) is 7.22. The molecule has 2 fully saturated rings. The average molecular weight is 350 g/mol. The zero-order chi connectivity index (χ0) is 17.3. The van der Waals surface area contributed by atoms with Gasteiger partial charge in [-0.1, -0.05) is 24.1 Å². The molecule has 0 bridgehead atoms. The monoisotopic (exact) mass is 350 g/mol. The van der Waals surface area contributed by atoms with Gasteiger partial charge in [0.25, 0.3) is 0 Å². The molecular weight excluding hydrogens is 324 g/mol. The molecule has 2 aliphatic rings. The van der Waals surface area contributed by atoms with Gasteiger partial charge in [-0.05, 0) is 44.2 Å². The molecule has 1 aromatic rings. The van der Waals surface area contributed by atoms with Crippen LogP contribution in [0.3, 0.4) is 0 Å². The standard InChI is InChI=1S/C18H26N2O3S/c1-14-6-8-17(9-7-14)24(22,23)19-12-10-18-16(13-19)5-3-4-11-20(18)15(2)21/h6-9,16,18H,3-5,10-13H2,1-2H3/t16-,18+/m0/s1. The second kappa shape index (κ2) is 6.84. The second-order valence-electron chi connectivity index (χ2n) is 7.00. The molecule has 0 aromatic heterocycles. The Labute approximate surface area is 144 Å². The summed E-state index contributed by atoms with van der Waals surface area (Å²) in [6, 6.07) is 7.23. The maximum atomic E-state index is 12.9. The van der Waals surface area contributed by atoms with Crippen molar-refractivity contribution in [2.75, 3.05) is 19.6 Å². The zero-order valence-electron chi connectivity index (χ0n) is 14.4. The lowest BCUT2D eigenvalue weighted by Crippen LogP contribution is -2.52. The van der Waals surface area contributed by atoms with Gasteiger partial charge in [0.2, 0.25) is 15.9 Å². The topological polar surface area (TPSA) is 57.7 Å². The van der Waals surface area contributed by atoms with Crippen LogP contribution in [0.25, 0.3) is 0 Å². The van der Waals surface area contributed by atoms with Crippen molar-refractivity contribution in [1.82, 2.24) is 9.21 Å². The Kier molecular flexibility index (Phi) is 4.97. The summed E-state index contributed by atoms with van der Waals surface area (Å²) in [5.41, 5.74) is 1.05. The molecule has 0 unspecified atom stereocenters.